The van der Waals surface area contributed by atoms with Gasteiger partial charge in [0.2, 0.25) is 5.91 Å². The second kappa shape index (κ2) is 9.96. The molecule has 7 heteroatoms. The molecular formula is C20H31IN4O2. The predicted octanol–water partition coefficient (Wildman–Crippen LogP) is 3.67. The zero-order chi connectivity index (χ0) is 19.3. The van der Waals surface area contributed by atoms with E-state index >= 15 is 0 Å². The van der Waals surface area contributed by atoms with Gasteiger partial charge in [0.1, 0.15) is 17.9 Å². The van der Waals surface area contributed by atoms with Crippen LogP contribution < -0.4 is 10.6 Å². The van der Waals surface area contributed by atoms with Crippen molar-refractivity contribution in [1.29, 1.82) is 0 Å². The minimum absolute atomic E-state index is 0. The maximum absolute atomic E-state index is 12.2. The normalized spacial score (nSPS) is 11.9. The molecular weight excluding hydrogens is 455 g/mol. The summed E-state index contributed by atoms with van der Waals surface area (Å²) < 4.78 is 5.92. The molecule has 0 bridgehead atoms. The topological polar surface area (TPSA) is 69.9 Å². The maximum Gasteiger partial charge on any atom is 0.240 e. The average molecular weight is 486 g/mol. The number of carbonyl (C=O) groups excluding carboxylic acids is 1. The molecule has 0 saturated carbocycles. The fraction of sp³-hybridized carbons (Fsp3) is 0.500. The van der Waals surface area contributed by atoms with Crippen LogP contribution in [-0.4, -0.2) is 42.4 Å². The van der Waals surface area contributed by atoms with Crippen molar-refractivity contribution in [2.45, 2.75) is 46.7 Å². The van der Waals surface area contributed by atoms with E-state index in [-0.39, 0.29) is 42.0 Å². The van der Waals surface area contributed by atoms with E-state index in [1.54, 1.807) is 0 Å². The number of para-hydroxylation sites is 1. The Morgan fingerprint density at radius 3 is 2.52 bits per heavy atom. The first-order valence-corrected chi connectivity index (χ1v) is 8.98. The number of hydrogen-bond donors (Lipinski definition) is 2. The quantitative estimate of drug-likeness (QED) is 0.385. The zero-order valence-corrected chi connectivity index (χ0v) is 19.4. The molecule has 6 nitrogen and oxygen atoms in total. The third kappa shape index (κ3) is 6.71. The Morgan fingerprint density at radius 2 is 1.93 bits per heavy atom. The van der Waals surface area contributed by atoms with Crippen molar-refractivity contribution >= 4 is 46.8 Å². The summed E-state index contributed by atoms with van der Waals surface area (Å²) in [5, 5.41) is 7.31. The number of nitrogens with one attached hydrogen (secondary N) is 2. The van der Waals surface area contributed by atoms with Gasteiger partial charge in [-0.1, -0.05) is 18.2 Å². The Bertz CT molecular complexity index is 793. The number of amides is 1. The van der Waals surface area contributed by atoms with Crippen LogP contribution in [0.4, 0.5) is 0 Å². The van der Waals surface area contributed by atoms with Gasteiger partial charge < -0.3 is 20.0 Å². The fourth-order valence-electron chi connectivity index (χ4n) is 2.74. The van der Waals surface area contributed by atoms with Crippen LogP contribution >= 0.6 is 24.0 Å². The van der Waals surface area contributed by atoms with Gasteiger partial charge in [-0.3, -0.25) is 4.79 Å². The molecule has 0 spiro atoms. The van der Waals surface area contributed by atoms with Crippen molar-refractivity contribution in [1.82, 2.24) is 15.5 Å². The number of carbonyl (C=O) groups is 1. The monoisotopic (exact) mass is 486 g/mol. The van der Waals surface area contributed by atoms with E-state index in [1.165, 1.54) is 0 Å². The largest absolute Gasteiger partial charge is 0.459 e. The van der Waals surface area contributed by atoms with E-state index < -0.39 is 0 Å². The molecule has 2 rings (SSSR count). The summed E-state index contributed by atoms with van der Waals surface area (Å²) in [4.78, 5) is 18.6. The summed E-state index contributed by atoms with van der Waals surface area (Å²) in [6.45, 7) is 11.3. The number of benzene rings is 1. The first kappa shape index (κ1) is 23.3. The van der Waals surface area contributed by atoms with Gasteiger partial charge in [-0.15, -0.1) is 24.0 Å². The minimum Gasteiger partial charge on any atom is -0.459 e. The second-order valence-corrected chi connectivity index (χ2v) is 7.47. The standard InChI is InChI=1S/C20H30N4O2.HI/c1-7-21-19(24(6)13-18(25)23-20(3,4)5)22-12-17-14(2)15-10-8-9-11-16(15)26-17;/h8-11H,7,12-13H2,1-6H3,(H,21,22)(H,23,25);1H. The van der Waals surface area contributed by atoms with Crippen LogP contribution in [0.1, 0.15) is 39.0 Å². The number of furan rings is 1. The molecule has 0 fully saturated rings. The molecule has 1 heterocycles. The van der Waals surface area contributed by atoms with E-state index in [1.807, 2.05) is 64.8 Å². The summed E-state index contributed by atoms with van der Waals surface area (Å²) >= 11 is 0. The number of likely N-dealkylation sites (N-methyl/N-ethyl adjacent to an activating group) is 1. The van der Waals surface area contributed by atoms with E-state index in [4.69, 9.17) is 4.42 Å². The lowest BCUT2D eigenvalue weighted by molar-refractivity contribution is -0.122. The van der Waals surface area contributed by atoms with E-state index in [0.717, 1.165) is 28.8 Å². The van der Waals surface area contributed by atoms with Gasteiger partial charge in [-0.25, -0.2) is 4.99 Å². The molecule has 0 atom stereocenters. The number of rotatable bonds is 5. The summed E-state index contributed by atoms with van der Waals surface area (Å²) in [6.07, 6.45) is 0. The lowest BCUT2D eigenvalue weighted by Crippen LogP contribution is -2.48. The van der Waals surface area contributed by atoms with Gasteiger partial charge in [0.05, 0.1) is 6.54 Å². The molecule has 1 aromatic carbocycles. The molecule has 150 valence electrons. The van der Waals surface area contributed by atoms with Crippen molar-refractivity contribution in [3.63, 3.8) is 0 Å². The molecule has 0 saturated heterocycles. The van der Waals surface area contributed by atoms with Crippen LogP contribution in [0.5, 0.6) is 0 Å². The van der Waals surface area contributed by atoms with E-state index in [0.29, 0.717) is 12.5 Å². The Balaban J connectivity index is 0.00000364. The van der Waals surface area contributed by atoms with Gasteiger partial charge in [0.15, 0.2) is 5.96 Å². The van der Waals surface area contributed by atoms with Gasteiger partial charge in [-0.2, -0.15) is 0 Å². The third-order valence-corrected chi connectivity index (χ3v) is 3.91. The van der Waals surface area contributed by atoms with Crippen LogP contribution in [-0.2, 0) is 11.3 Å². The second-order valence-electron chi connectivity index (χ2n) is 7.47. The molecule has 0 aliphatic carbocycles. The van der Waals surface area contributed by atoms with Gasteiger partial charge in [0.25, 0.3) is 0 Å². The molecule has 0 aliphatic rings. The Labute approximate surface area is 178 Å². The summed E-state index contributed by atoms with van der Waals surface area (Å²) in [7, 11) is 1.86. The highest BCUT2D eigenvalue weighted by molar-refractivity contribution is 14.0. The first-order valence-electron chi connectivity index (χ1n) is 8.98. The number of guanidine groups is 1. The average Bonchev–Trinajstić information content (AvgIpc) is 2.86. The van der Waals surface area contributed by atoms with Crippen LogP contribution in [0.3, 0.4) is 0 Å². The number of halogens is 1. The lowest BCUT2D eigenvalue weighted by atomic mass is 10.1. The third-order valence-electron chi connectivity index (χ3n) is 3.91. The predicted molar refractivity (Wildman–Crippen MR) is 122 cm³/mol. The summed E-state index contributed by atoms with van der Waals surface area (Å²) in [5.74, 6) is 1.48. The fourth-order valence-corrected chi connectivity index (χ4v) is 2.74. The summed E-state index contributed by atoms with van der Waals surface area (Å²) in [6, 6.07) is 7.98. The number of aliphatic imine (C=N–C) groups is 1. The first-order chi connectivity index (χ1) is 12.2. The lowest BCUT2D eigenvalue weighted by Gasteiger charge is -2.25. The molecule has 2 aromatic rings. The van der Waals surface area contributed by atoms with E-state index in [2.05, 4.69) is 21.7 Å². The highest BCUT2D eigenvalue weighted by Gasteiger charge is 2.17. The number of hydrogen-bond acceptors (Lipinski definition) is 3. The van der Waals surface area contributed by atoms with Crippen LogP contribution in [0.25, 0.3) is 11.0 Å². The number of nitrogens with zero attached hydrogens (tertiary/aromatic N) is 2. The smallest absolute Gasteiger partial charge is 0.240 e. The molecule has 0 radical (unpaired) electrons. The maximum atomic E-state index is 12.2. The number of fused-ring (bicyclic) bond motifs is 1. The number of aryl methyl sites for hydroxylation is 1. The molecule has 1 aromatic heterocycles. The molecule has 0 aliphatic heterocycles. The van der Waals surface area contributed by atoms with Gasteiger partial charge >= 0.3 is 0 Å². The molecule has 2 N–H and O–H groups in total. The zero-order valence-electron chi connectivity index (χ0n) is 17.0. The van der Waals surface area contributed by atoms with Crippen LogP contribution in [0, 0.1) is 6.92 Å². The highest BCUT2D eigenvalue weighted by atomic mass is 127. The molecule has 1 amide bonds. The van der Waals surface area contributed by atoms with E-state index in [9.17, 15) is 4.79 Å². The molecule has 0 unspecified atom stereocenters. The highest BCUT2D eigenvalue weighted by Crippen LogP contribution is 2.25. The Hall–Kier alpha value is -1.77. The Kier molecular flexibility index (Phi) is 8.59. The van der Waals surface area contributed by atoms with Gasteiger partial charge in [-0.05, 0) is 40.7 Å². The Morgan fingerprint density at radius 1 is 1.26 bits per heavy atom. The molecule has 27 heavy (non-hydrogen) atoms. The van der Waals surface area contributed by atoms with Crippen LogP contribution in [0.2, 0.25) is 0 Å². The van der Waals surface area contributed by atoms with Crippen molar-refractivity contribution in [3.8, 4) is 0 Å². The van der Waals surface area contributed by atoms with Crippen molar-refractivity contribution < 1.29 is 9.21 Å². The minimum atomic E-state index is -0.251. The summed E-state index contributed by atoms with van der Waals surface area (Å²) in [5.41, 5.74) is 1.73. The van der Waals surface area contributed by atoms with Crippen molar-refractivity contribution in [3.05, 3.63) is 35.6 Å². The SMILES string of the molecule is CCNC(=NCc1oc2ccccc2c1C)N(C)CC(=O)NC(C)(C)C.I. The van der Waals surface area contributed by atoms with Crippen LogP contribution in [0.15, 0.2) is 33.7 Å². The van der Waals surface area contributed by atoms with Crippen molar-refractivity contribution in [2.75, 3.05) is 20.1 Å². The van der Waals surface area contributed by atoms with Crippen molar-refractivity contribution in [2.24, 2.45) is 4.99 Å². The van der Waals surface area contributed by atoms with Gasteiger partial charge in [0, 0.05) is 30.1 Å².